The SMILES string of the molecule is CC(NC(=O)CCCn1c(=O)oc2ccccc21)c1ccc(-c2ccccc2)cc1. The highest BCUT2D eigenvalue weighted by Crippen LogP contribution is 2.22. The molecule has 0 fully saturated rings. The Balaban J connectivity index is 1.31. The van der Waals surface area contributed by atoms with E-state index < -0.39 is 0 Å². The first kappa shape index (κ1) is 19.7. The molecule has 4 aromatic rings. The Kier molecular flexibility index (Phi) is 5.80. The second kappa shape index (κ2) is 8.82. The maximum atomic E-state index is 12.4. The molecule has 1 N–H and O–H groups in total. The first-order valence-electron chi connectivity index (χ1n) is 10.1. The van der Waals surface area contributed by atoms with E-state index in [4.69, 9.17) is 4.42 Å². The molecular weight excluding hydrogens is 376 g/mol. The van der Waals surface area contributed by atoms with Gasteiger partial charge in [-0.1, -0.05) is 66.7 Å². The van der Waals surface area contributed by atoms with Gasteiger partial charge in [-0.3, -0.25) is 9.36 Å². The largest absolute Gasteiger partial charge is 0.419 e. The van der Waals surface area contributed by atoms with Crippen molar-refractivity contribution in [3.63, 3.8) is 0 Å². The zero-order valence-electron chi connectivity index (χ0n) is 16.9. The van der Waals surface area contributed by atoms with E-state index in [1.54, 1.807) is 10.6 Å². The number of carbonyl (C=O) groups is 1. The van der Waals surface area contributed by atoms with Gasteiger partial charge in [0.05, 0.1) is 11.6 Å². The van der Waals surface area contributed by atoms with Gasteiger partial charge in [0.15, 0.2) is 5.58 Å². The van der Waals surface area contributed by atoms with E-state index in [1.807, 2.05) is 55.5 Å². The zero-order valence-corrected chi connectivity index (χ0v) is 16.9. The maximum absolute atomic E-state index is 12.4. The summed E-state index contributed by atoms with van der Waals surface area (Å²) in [5, 5.41) is 3.04. The van der Waals surface area contributed by atoms with Gasteiger partial charge < -0.3 is 9.73 Å². The Labute approximate surface area is 175 Å². The Morgan fingerprint density at radius 3 is 2.37 bits per heavy atom. The molecule has 0 bridgehead atoms. The van der Waals surface area contributed by atoms with Gasteiger partial charge in [-0.05, 0) is 42.2 Å². The van der Waals surface area contributed by atoms with Crippen LogP contribution in [0.2, 0.25) is 0 Å². The zero-order chi connectivity index (χ0) is 20.9. The van der Waals surface area contributed by atoms with Crippen molar-refractivity contribution in [3.8, 4) is 11.1 Å². The lowest BCUT2D eigenvalue weighted by Crippen LogP contribution is -2.27. The van der Waals surface area contributed by atoms with Gasteiger partial charge in [-0.2, -0.15) is 0 Å². The first-order chi connectivity index (χ1) is 14.6. The van der Waals surface area contributed by atoms with Gasteiger partial charge in [-0.25, -0.2) is 4.79 Å². The number of carbonyl (C=O) groups excluding carboxylic acids is 1. The fourth-order valence-corrected chi connectivity index (χ4v) is 3.62. The van der Waals surface area contributed by atoms with Crippen molar-refractivity contribution in [1.29, 1.82) is 0 Å². The highest BCUT2D eigenvalue weighted by Gasteiger charge is 2.12. The molecule has 0 aliphatic heterocycles. The summed E-state index contributed by atoms with van der Waals surface area (Å²) in [4.78, 5) is 24.4. The van der Waals surface area contributed by atoms with Crippen molar-refractivity contribution in [1.82, 2.24) is 9.88 Å². The van der Waals surface area contributed by atoms with Crippen molar-refractivity contribution in [2.45, 2.75) is 32.4 Å². The molecule has 3 aromatic carbocycles. The van der Waals surface area contributed by atoms with Crippen LogP contribution in [0.3, 0.4) is 0 Å². The molecule has 0 saturated carbocycles. The molecule has 1 heterocycles. The number of nitrogens with zero attached hydrogens (tertiary/aromatic N) is 1. The predicted octanol–water partition coefficient (Wildman–Crippen LogP) is 4.92. The van der Waals surface area contributed by atoms with Crippen LogP contribution in [0, 0.1) is 0 Å². The average Bonchev–Trinajstić information content (AvgIpc) is 3.09. The smallest absolute Gasteiger partial charge is 0.408 e. The minimum absolute atomic E-state index is 0.0320. The van der Waals surface area contributed by atoms with Crippen molar-refractivity contribution in [2.75, 3.05) is 0 Å². The third kappa shape index (κ3) is 4.35. The van der Waals surface area contributed by atoms with E-state index in [0.29, 0.717) is 25.0 Å². The number of rotatable bonds is 7. The first-order valence-corrected chi connectivity index (χ1v) is 10.1. The molecule has 5 heteroatoms. The lowest BCUT2D eigenvalue weighted by Gasteiger charge is -2.15. The summed E-state index contributed by atoms with van der Waals surface area (Å²) in [5.74, 6) is -0.418. The van der Waals surface area contributed by atoms with E-state index in [-0.39, 0.29) is 17.7 Å². The number of amides is 1. The number of hydrogen-bond acceptors (Lipinski definition) is 3. The lowest BCUT2D eigenvalue weighted by molar-refractivity contribution is -0.121. The normalized spacial score (nSPS) is 12.0. The van der Waals surface area contributed by atoms with E-state index in [0.717, 1.165) is 16.6 Å². The maximum Gasteiger partial charge on any atom is 0.419 e. The summed E-state index contributed by atoms with van der Waals surface area (Å²) in [6.45, 7) is 2.42. The lowest BCUT2D eigenvalue weighted by atomic mass is 10.0. The number of nitrogens with one attached hydrogen (secondary N) is 1. The molecule has 4 rings (SSSR count). The van der Waals surface area contributed by atoms with Crippen LogP contribution in [0.25, 0.3) is 22.2 Å². The number of fused-ring (bicyclic) bond motifs is 1. The summed E-state index contributed by atoms with van der Waals surface area (Å²) in [6, 6.07) is 25.7. The fourth-order valence-electron chi connectivity index (χ4n) is 3.62. The molecule has 5 nitrogen and oxygen atoms in total. The van der Waals surface area contributed by atoms with Crippen LogP contribution >= 0.6 is 0 Å². The molecule has 1 amide bonds. The fraction of sp³-hybridized carbons (Fsp3) is 0.200. The van der Waals surface area contributed by atoms with Crippen LogP contribution in [0.1, 0.15) is 31.4 Å². The predicted molar refractivity (Wildman–Crippen MR) is 118 cm³/mol. The van der Waals surface area contributed by atoms with Crippen molar-refractivity contribution >= 4 is 17.0 Å². The molecular formula is C25H24N2O3. The van der Waals surface area contributed by atoms with Crippen LogP contribution < -0.4 is 11.1 Å². The van der Waals surface area contributed by atoms with Crippen molar-refractivity contribution < 1.29 is 9.21 Å². The molecule has 0 spiro atoms. The van der Waals surface area contributed by atoms with Gasteiger partial charge in [0.2, 0.25) is 5.91 Å². The van der Waals surface area contributed by atoms with E-state index in [2.05, 4.69) is 29.6 Å². The Morgan fingerprint density at radius 1 is 0.933 bits per heavy atom. The Hall–Kier alpha value is -3.60. The van der Waals surface area contributed by atoms with Gasteiger partial charge in [0.1, 0.15) is 0 Å². The second-order valence-corrected chi connectivity index (χ2v) is 7.37. The summed E-state index contributed by atoms with van der Waals surface area (Å²) < 4.78 is 6.81. The highest BCUT2D eigenvalue weighted by molar-refractivity contribution is 5.76. The van der Waals surface area contributed by atoms with Crippen LogP contribution in [0.5, 0.6) is 0 Å². The number of hydrogen-bond donors (Lipinski definition) is 1. The highest BCUT2D eigenvalue weighted by atomic mass is 16.4. The van der Waals surface area contributed by atoms with Crippen LogP contribution in [-0.4, -0.2) is 10.5 Å². The quantitative estimate of drug-likeness (QED) is 0.479. The van der Waals surface area contributed by atoms with Gasteiger partial charge in [0, 0.05) is 13.0 Å². The number of benzene rings is 3. The van der Waals surface area contributed by atoms with Crippen LogP contribution in [0.15, 0.2) is 88.1 Å². The summed E-state index contributed by atoms with van der Waals surface area (Å²) >= 11 is 0. The van der Waals surface area contributed by atoms with Crippen molar-refractivity contribution in [3.05, 3.63) is 95.0 Å². The Morgan fingerprint density at radius 2 is 1.60 bits per heavy atom. The minimum Gasteiger partial charge on any atom is -0.408 e. The molecule has 1 atom stereocenters. The monoisotopic (exact) mass is 400 g/mol. The topological polar surface area (TPSA) is 64.2 Å². The standard InChI is InChI=1S/C25H24N2O3/c1-18(19-13-15-21(16-14-19)20-8-3-2-4-9-20)26-24(28)12-7-17-27-22-10-5-6-11-23(22)30-25(27)29/h2-6,8-11,13-16,18H,7,12,17H2,1H3,(H,26,28). The van der Waals surface area contributed by atoms with E-state index in [1.165, 1.54) is 5.56 Å². The second-order valence-electron chi connectivity index (χ2n) is 7.37. The van der Waals surface area contributed by atoms with Gasteiger partial charge in [-0.15, -0.1) is 0 Å². The minimum atomic E-state index is -0.386. The van der Waals surface area contributed by atoms with Crippen LogP contribution in [0.4, 0.5) is 0 Å². The molecule has 152 valence electrons. The van der Waals surface area contributed by atoms with E-state index in [9.17, 15) is 9.59 Å². The van der Waals surface area contributed by atoms with Crippen molar-refractivity contribution in [2.24, 2.45) is 0 Å². The molecule has 0 radical (unpaired) electrons. The third-order valence-electron chi connectivity index (χ3n) is 5.25. The number of oxazole rings is 1. The number of para-hydroxylation sites is 2. The van der Waals surface area contributed by atoms with E-state index >= 15 is 0 Å². The molecule has 0 aliphatic rings. The molecule has 30 heavy (non-hydrogen) atoms. The summed E-state index contributed by atoms with van der Waals surface area (Å²) in [6.07, 6.45) is 0.910. The number of aryl methyl sites for hydroxylation is 1. The molecule has 0 aliphatic carbocycles. The van der Waals surface area contributed by atoms with Crippen LogP contribution in [-0.2, 0) is 11.3 Å². The molecule has 1 aromatic heterocycles. The van der Waals surface area contributed by atoms with Gasteiger partial charge >= 0.3 is 5.76 Å². The Bertz CT molecular complexity index is 1190. The molecule has 1 unspecified atom stereocenters. The average molecular weight is 400 g/mol. The summed E-state index contributed by atoms with van der Waals surface area (Å²) in [7, 11) is 0. The number of aromatic nitrogens is 1. The molecule has 0 saturated heterocycles. The third-order valence-corrected chi connectivity index (χ3v) is 5.25. The summed E-state index contributed by atoms with van der Waals surface area (Å²) in [5.41, 5.74) is 4.70. The van der Waals surface area contributed by atoms with Gasteiger partial charge in [0.25, 0.3) is 0 Å².